The molecule has 15 heavy (non-hydrogen) atoms. The summed E-state index contributed by atoms with van der Waals surface area (Å²) in [7, 11) is 0. The minimum Gasteiger partial charge on any atom is -0.367 e. The largest absolute Gasteiger partial charge is 0.367 e. The van der Waals surface area contributed by atoms with Gasteiger partial charge in [-0.1, -0.05) is 19.3 Å². The summed E-state index contributed by atoms with van der Waals surface area (Å²) in [6, 6.07) is 6.32. The van der Waals surface area contributed by atoms with E-state index in [1.165, 1.54) is 32.1 Å². The van der Waals surface area contributed by atoms with Crippen molar-refractivity contribution < 1.29 is 0 Å². The lowest BCUT2D eigenvalue weighted by Crippen LogP contribution is -2.22. The van der Waals surface area contributed by atoms with Crippen molar-refractivity contribution in [2.75, 3.05) is 5.32 Å². The van der Waals surface area contributed by atoms with E-state index < -0.39 is 0 Å². The number of nitrogens with zero attached hydrogens (tertiary/aromatic N) is 2. The summed E-state index contributed by atoms with van der Waals surface area (Å²) in [6.07, 6.45) is 8.08. The molecule has 1 N–H and O–H groups in total. The summed E-state index contributed by atoms with van der Waals surface area (Å²) >= 11 is 0. The minimum absolute atomic E-state index is 0.569. The van der Waals surface area contributed by atoms with E-state index in [0.717, 1.165) is 5.82 Å². The lowest BCUT2D eigenvalue weighted by molar-refractivity contribution is 0.462. The number of nitriles is 1. The molecule has 1 saturated carbocycles. The Balaban J connectivity index is 1.95. The molecular weight excluding hydrogens is 186 g/mol. The van der Waals surface area contributed by atoms with Crippen LogP contribution in [0.5, 0.6) is 0 Å². The Hall–Kier alpha value is -1.56. The van der Waals surface area contributed by atoms with Gasteiger partial charge in [0.15, 0.2) is 0 Å². The highest BCUT2D eigenvalue weighted by atomic mass is 15.0. The minimum atomic E-state index is 0.569. The van der Waals surface area contributed by atoms with Crippen molar-refractivity contribution in [3.8, 4) is 6.07 Å². The van der Waals surface area contributed by atoms with Gasteiger partial charge in [-0.25, -0.2) is 4.98 Å². The van der Waals surface area contributed by atoms with Gasteiger partial charge in [-0.3, -0.25) is 0 Å². The Labute approximate surface area is 90.1 Å². The number of nitrogens with one attached hydrogen (secondary N) is 1. The van der Waals surface area contributed by atoms with Crippen molar-refractivity contribution in [2.45, 2.75) is 38.1 Å². The highest BCUT2D eigenvalue weighted by Crippen LogP contribution is 2.20. The lowest BCUT2D eigenvalue weighted by atomic mass is 9.95. The topological polar surface area (TPSA) is 48.7 Å². The van der Waals surface area contributed by atoms with Gasteiger partial charge in [-0.05, 0) is 25.0 Å². The molecule has 1 aliphatic rings. The van der Waals surface area contributed by atoms with Gasteiger partial charge in [0.2, 0.25) is 0 Å². The quantitative estimate of drug-likeness (QED) is 0.800. The Kier molecular flexibility index (Phi) is 3.18. The fraction of sp³-hybridized carbons (Fsp3) is 0.500. The van der Waals surface area contributed by atoms with Gasteiger partial charge in [0, 0.05) is 12.2 Å². The highest BCUT2D eigenvalue weighted by Gasteiger charge is 2.12. The molecule has 1 aromatic rings. The second-order valence-electron chi connectivity index (χ2n) is 4.02. The molecule has 1 aromatic heterocycles. The first-order valence-corrected chi connectivity index (χ1v) is 5.51. The SMILES string of the molecule is N#Cc1ccc(NC2CCCCC2)nc1. The van der Waals surface area contributed by atoms with Crippen LogP contribution in [0.4, 0.5) is 5.82 Å². The molecule has 0 spiro atoms. The molecule has 0 amide bonds. The first-order chi connectivity index (χ1) is 7.38. The van der Waals surface area contributed by atoms with Gasteiger partial charge in [0.05, 0.1) is 5.56 Å². The number of hydrogen-bond acceptors (Lipinski definition) is 3. The van der Waals surface area contributed by atoms with E-state index >= 15 is 0 Å². The number of pyridine rings is 1. The predicted molar refractivity (Wildman–Crippen MR) is 59.4 cm³/mol. The first-order valence-electron chi connectivity index (χ1n) is 5.51. The van der Waals surface area contributed by atoms with Crippen LogP contribution in [0.3, 0.4) is 0 Å². The molecule has 0 saturated heterocycles. The number of hydrogen-bond donors (Lipinski definition) is 1. The van der Waals surface area contributed by atoms with Crippen LogP contribution in [0.25, 0.3) is 0 Å². The van der Waals surface area contributed by atoms with Gasteiger partial charge >= 0.3 is 0 Å². The van der Waals surface area contributed by atoms with Gasteiger partial charge in [-0.2, -0.15) is 5.26 Å². The van der Waals surface area contributed by atoms with Crippen molar-refractivity contribution in [2.24, 2.45) is 0 Å². The van der Waals surface area contributed by atoms with E-state index in [9.17, 15) is 0 Å². The van der Waals surface area contributed by atoms with Crippen LogP contribution in [0, 0.1) is 11.3 Å². The summed E-state index contributed by atoms with van der Waals surface area (Å²) < 4.78 is 0. The Morgan fingerprint density at radius 3 is 2.67 bits per heavy atom. The van der Waals surface area contributed by atoms with Gasteiger partial charge in [0.25, 0.3) is 0 Å². The predicted octanol–water partition coefficient (Wildman–Crippen LogP) is 2.70. The van der Waals surface area contributed by atoms with Crippen LogP contribution >= 0.6 is 0 Å². The third-order valence-corrected chi connectivity index (χ3v) is 2.85. The van der Waals surface area contributed by atoms with E-state index in [0.29, 0.717) is 11.6 Å². The van der Waals surface area contributed by atoms with Crippen LogP contribution < -0.4 is 5.32 Å². The molecule has 0 atom stereocenters. The maximum absolute atomic E-state index is 8.64. The van der Waals surface area contributed by atoms with Crippen molar-refractivity contribution in [3.63, 3.8) is 0 Å². The molecule has 1 aliphatic carbocycles. The summed E-state index contributed by atoms with van der Waals surface area (Å²) in [5, 5.41) is 12.1. The van der Waals surface area contributed by atoms with Gasteiger partial charge in [-0.15, -0.1) is 0 Å². The third-order valence-electron chi connectivity index (χ3n) is 2.85. The van der Waals surface area contributed by atoms with E-state index in [1.54, 1.807) is 12.3 Å². The van der Waals surface area contributed by atoms with Crippen LogP contribution in [0.2, 0.25) is 0 Å². The Morgan fingerprint density at radius 1 is 1.27 bits per heavy atom. The zero-order chi connectivity index (χ0) is 10.5. The Bertz CT molecular complexity index is 344. The molecular formula is C12H15N3. The summed E-state index contributed by atoms with van der Waals surface area (Å²) in [4.78, 5) is 4.21. The molecule has 1 fully saturated rings. The summed E-state index contributed by atoms with van der Waals surface area (Å²) in [6.45, 7) is 0. The van der Waals surface area contributed by atoms with Crippen molar-refractivity contribution in [3.05, 3.63) is 23.9 Å². The second kappa shape index (κ2) is 4.79. The number of rotatable bonds is 2. The molecule has 3 heteroatoms. The second-order valence-corrected chi connectivity index (χ2v) is 4.02. The normalized spacial score (nSPS) is 17.0. The monoisotopic (exact) mass is 201 g/mol. The van der Waals surface area contributed by atoms with E-state index in [1.807, 2.05) is 6.07 Å². The molecule has 0 radical (unpaired) electrons. The van der Waals surface area contributed by atoms with E-state index in [4.69, 9.17) is 5.26 Å². The standard InChI is InChI=1S/C12H15N3/c13-8-10-6-7-12(14-9-10)15-11-4-2-1-3-5-11/h6-7,9,11H,1-5H2,(H,14,15). The van der Waals surface area contributed by atoms with Crippen molar-refractivity contribution >= 4 is 5.82 Å². The Morgan fingerprint density at radius 2 is 2.07 bits per heavy atom. The van der Waals surface area contributed by atoms with Crippen LogP contribution in [-0.2, 0) is 0 Å². The molecule has 1 heterocycles. The molecule has 2 rings (SSSR count). The average molecular weight is 201 g/mol. The average Bonchev–Trinajstić information content (AvgIpc) is 2.31. The number of anilines is 1. The van der Waals surface area contributed by atoms with Gasteiger partial charge < -0.3 is 5.32 Å². The lowest BCUT2D eigenvalue weighted by Gasteiger charge is -2.23. The van der Waals surface area contributed by atoms with Crippen LogP contribution in [0.1, 0.15) is 37.7 Å². The summed E-state index contributed by atoms with van der Waals surface area (Å²) in [5.41, 5.74) is 0.615. The zero-order valence-electron chi connectivity index (χ0n) is 8.74. The van der Waals surface area contributed by atoms with E-state index in [-0.39, 0.29) is 0 Å². The maximum Gasteiger partial charge on any atom is 0.126 e. The fourth-order valence-electron chi connectivity index (χ4n) is 2.00. The number of aromatic nitrogens is 1. The molecule has 0 bridgehead atoms. The smallest absolute Gasteiger partial charge is 0.126 e. The highest BCUT2D eigenvalue weighted by molar-refractivity contribution is 5.39. The van der Waals surface area contributed by atoms with Crippen LogP contribution in [-0.4, -0.2) is 11.0 Å². The molecule has 0 aromatic carbocycles. The molecule has 0 unspecified atom stereocenters. The molecule has 3 nitrogen and oxygen atoms in total. The van der Waals surface area contributed by atoms with Crippen molar-refractivity contribution in [1.82, 2.24) is 4.98 Å². The van der Waals surface area contributed by atoms with Crippen LogP contribution in [0.15, 0.2) is 18.3 Å². The molecule has 78 valence electrons. The first kappa shape index (κ1) is 9.97. The summed E-state index contributed by atoms with van der Waals surface area (Å²) in [5.74, 6) is 0.890. The van der Waals surface area contributed by atoms with Crippen molar-refractivity contribution in [1.29, 1.82) is 5.26 Å². The zero-order valence-corrected chi connectivity index (χ0v) is 8.74. The van der Waals surface area contributed by atoms with Gasteiger partial charge in [0.1, 0.15) is 11.9 Å². The fourth-order valence-corrected chi connectivity index (χ4v) is 2.00. The maximum atomic E-state index is 8.64. The van der Waals surface area contributed by atoms with E-state index in [2.05, 4.69) is 16.4 Å². The molecule has 0 aliphatic heterocycles. The third kappa shape index (κ3) is 2.69.